The first kappa shape index (κ1) is 22.5. The smallest absolute Gasteiger partial charge is 0.257 e. The van der Waals surface area contributed by atoms with Crippen molar-refractivity contribution in [3.63, 3.8) is 0 Å². The van der Waals surface area contributed by atoms with Crippen molar-refractivity contribution in [2.24, 2.45) is 0 Å². The van der Waals surface area contributed by atoms with E-state index in [0.717, 1.165) is 0 Å². The largest absolute Gasteiger partial charge is 0.298 e. The summed E-state index contributed by atoms with van der Waals surface area (Å²) in [6.07, 6.45) is 3.00. The van der Waals surface area contributed by atoms with E-state index in [1.807, 2.05) is 0 Å². The van der Waals surface area contributed by atoms with Gasteiger partial charge in [-0.2, -0.15) is 4.31 Å². The van der Waals surface area contributed by atoms with E-state index in [1.165, 1.54) is 52.1 Å². The fourth-order valence-electron chi connectivity index (χ4n) is 2.65. The molecule has 0 saturated carbocycles. The van der Waals surface area contributed by atoms with Gasteiger partial charge in [0.25, 0.3) is 5.91 Å². The van der Waals surface area contributed by atoms with Gasteiger partial charge in [0.15, 0.2) is 5.13 Å². The van der Waals surface area contributed by atoms with Crippen LogP contribution in [0.15, 0.2) is 66.6 Å². The summed E-state index contributed by atoms with van der Waals surface area (Å²) in [6.45, 7) is 7.46. The summed E-state index contributed by atoms with van der Waals surface area (Å²) in [5.41, 5.74) is 0.792. The molecule has 0 aliphatic rings. The number of thiazole rings is 1. The van der Waals surface area contributed by atoms with E-state index < -0.39 is 15.9 Å². The van der Waals surface area contributed by atoms with Crippen LogP contribution in [0.2, 0.25) is 10.0 Å². The second kappa shape index (κ2) is 9.28. The predicted molar refractivity (Wildman–Crippen MR) is 123 cm³/mol. The van der Waals surface area contributed by atoms with Crippen molar-refractivity contribution in [2.45, 2.75) is 4.90 Å². The van der Waals surface area contributed by atoms with Crippen molar-refractivity contribution in [3.8, 4) is 0 Å². The van der Waals surface area contributed by atoms with Gasteiger partial charge in [0.1, 0.15) is 5.52 Å². The number of halogens is 2. The van der Waals surface area contributed by atoms with E-state index >= 15 is 0 Å². The number of amides is 1. The van der Waals surface area contributed by atoms with E-state index in [2.05, 4.69) is 23.5 Å². The molecule has 3 rings (SSSR count). The molecule has 1 N–H and O–H groups in total. The van der Waals surface area contributed by atoms with Crippen LogP contribution >= 0.6 is 34.5 Å². The standard InChI is InChI=1S/C20H17Cl2N3O3S2/c1-3-11-25(12-4-2)30(27,28)14-7-5-13(6-8-14)19(26)24-20-23-17-15(21)9-10-16(22)18(17)29-20/h3-10H,1-2,11-12H2,(H,23,24,26). The Hall–Kier alpha value is -2.23. The number of hydrogen-bond acceptors (Lipinski definition) is 5. The number of benzene rings is 2. The Kier molecular flexibility index (Phi) is 6.95. The zero-order valence-electron chi connectivity index (χ0n) is 15.6. The van der Waals surface area contributed by atoms with Crippen LogP contribution in [0, 0.1) is 0 Å². The molecule has 0 radical (unpaired) electrons. The fraction of sp³-hybridized carbons (Fsp3) is 0.100. The molecule has 0 spiro atoms. The van der Waals surface area contributed by atoms with E-state index in [1.54, 1.807) is 12.1 Å². The molecule has 2 aromatic carbocycles. The summed E-state index contributed by atoms with van der Waals surface area (Å²) in [7, 11) is -3.73. The molecule has 0 saturated heterocycles. The highest BCUT2D eigenvalue weighted by Crippen LogP contribution is 2.36. The topological polar surface area (TPSA) is 79.4 Å². The quantitative estimate of drug-likeness (QED) is 0.447. The Labute approximate surface area is 188 Å². The maximum Gasteiger partial charge on any atom is 0.257 e. The molecule has 0 atom stereocenters. The van der Waals surface area contributed by atoms with Crippen molar-refractivity contribution >= 4 is 65.8 Å². The second-order valence-corrected chi connectivity index (χ2v) is 9.86. The predicted octanol–water partition coefficient (Wildman–Crippen LogP) is 5.22. The SMILES string of the molecule is C=CCN(CC=C)S(=O)(=O)c1ccc(C(=O)Nc2nc3c(Cl)ccc(Cl)c3s2)cc1. The van der Waals surface area contributed by atoms with Gasteiger partial charge >= 0.3 is 0 Å². The van der Waals surface area contributed by atoms with Gasteiger partial charge in [-0.05, 0) is 36.4 Å². The van der Waals surface area contributed by atoms with Crippen molar-refractivity contribution in [2.75, 3.05) is 18.4 Å². The average Bonchev–Trinajstić information content (AvgIpc) is 3.16. The molecule has 10 heteroatoms. The summed E-state index contributed by atoms with van der Waals surface area (Å²) < 4.78 is 27.4. The van der Waals surface area contributed by atoms with Gasteiger partial charge in [-0.1, -0.05) is 46.7 Å². The molecule has 3 aromatic rings. The van der Waals surface area contributed by atoms with Crippen LogP contribution in [-0.2, 0) is 10.0 Å². The number of nitrogens with one attached hydrogen (secondary N) is 1. The Balaban J connectivity index is 1.81. The summed E-state index contributed by atoms with van der Waals surface area (Å²) in [4.78, 5) is 16.9. The molecular weight excluding hydrogens is 465 g/mol. The minimum atomic E-state index is -3.73. The lowest BCUT2D eigenvalue weighted by Gasteiger charge is -2.19. The molecule has 0 bridgehead atoms. The van der Waals surface area contributed by atoms with Gasteiger partial charge in [0.2, 0.25) is 10.0 Å². The highest BCUT2D eigenvalue weighted by atomic mass is 35.5. The molecule has 1 heterocycles. The highest BCUT2D eigenvalue weighted by Gasteiger charge is 2.23. The van der Waals surface area contributed by atoms with Gasteiger partial charge in [0.05, 0.1) is 19.6 Å². The minimum absolute atomic E-state index is 0.0706. The molecule has 0 unspecified atom stereocenters. The monoisotopic (exact) mass is 481 g/mol. The van der Waals surface area contributed by atoms with Crippen LogP contribution < -0.4 is 5.32 Å². The number of sulfonamides is 1. The number of rotatable bonds is 8. The normalized spacial score (nSPS) is 11.6. The molecule has 1 amide bonds. The molecule has 0 aliphatic carbocycles. The van der Waals surface area contributed by atoms with Crippen molar-refractivity contribution in [1.82, 2.24) is 9.29 Å². The van der Waals surface area contributed by atoms with Crippen LogP contribution in [0.5, 0.6) is 0 Å². The van der Waals surface area contributed by atoms with Gasteiger partial charge in [-0.25, -0.2) is 13.4 Å². The summed E-state index contributed by atoms with van der Waals surface area (Å²) >= 11 is 13.5. The van der Waals surface area contributed by atoms with E-state index in [0.29, 0.717) is 25.4 Å². The third-order valence-corrected chi connectivity index (χ3v) is 7.67. The number of anilines is 1. The molecular formula is C20H17Cl2N3O3S2. The first-order chi connectivity index (χ1) is 14.3. The lowest BCUT2D eigenvalue weighted by Crippen LogP contribution is -2.31. The van der Waals surface area contributed by atoms with Crippen molar-refractivity contribution < 1.29 is 13.2 Å². The number of carbonyl (C=O) groups is 1. The molecule has 156 valence electrons. The summed E-state index contributed by atoms with van der Waals surface area (Å²) in [5.74, 6) is -0.431. The average molecular weight is 482 g/mol. The van der Waals surface area contributed by atoms with Gasteiger partial charge in [0, 0.05) is 18.7 Å². The Morgan fingerprint density at radius 3 is 2.23 bits per heavy atom. The number of carbonyl (C=O) groups excluding carboxylic acids is 1. The first-order valence-electron chi connectivity index (χ1n) is 8.66. The van der Waals surface area contributed by atoms with E-state index in [9.17, 15) is 13.2 Å². The van der Waals surface area contributed by atoms with Crippen LogP contribution in [0.4, 0.5) is 5.13 Å². The number of hydrogen-bond donors (Lipinski definition) is 1. The zero-order valence-corrected chi connectivity index (χ0v) is 18.8. The second-order valence-electron chi connectivity index (χ2n) is 6.10. The van der Waals surface area contributed by atoms with Gasteiger partial charge in [-0.15, -0.1) is 13.2 Å². The third kappa shape index (κ3) is 4.58. The number of nitrogens with zero attached hydrogens (tertiary/aromatic N) is 2. The summed E-state index contributed by atoms with van der Waals surface area (Å²) in [6, 6.07) is 8.95. The highest BCUT2D eigenvalue weighted by molar-refractivity contribution is 7.89. The van der Waals surface area contributed by atoms with Crippen LogP contribution in [-0.4, -0.2) is 36.7 Å². The molecule has 6 nitrogen and oxygen atoms in total. The number of fused-ring (bicyclic) bond motifs is 1. The molecule has 1 aromatic heterocycles. The lowest BCUT2D eigenvalue weighted by atomic mass is 10.2. The Morgan fingerprint density at radius 1 is 1.07 bits per heavy atom. The lowest BCUT2D eigenvalue weighted by molar-refractivity contribution is 0.102. The van der Waals surface area contributed by atoms with Crippen molar-refractivity contribution in [3.05, 3.63) is 77.3 Å². The van der Waals surface area contributed by atoms with Crippen molar-refractivity contribution in [1.29, 1.82) is 0 Å². The van der Waals surface area contributed by atoms with Gasteiger partial charge in [-0.3, -0.25) is 10.1 Å². The maximum absolute atomic E-state index is 12.7. The van der Waals surface area contributed by atoms with E-state index in [-0.39, 0.29) is 23.5 Å². The maximum atomic E-state index is 12.7. The van der Waals surface area contributed by atoms with Crippen LogP contribution in [0.3, 0.4) is 0 Å². The van der Waals surface area contributed by atoms with Crippen LogP contribution in [0.1, 0.15) is 10.4 Å². The fourth-order valence-corrected chi connectivity index (χ4v) is 5.45. The first-order valence-corrected chi connectivity index (χ1v) is 11.7. The van der Waals surface area contributed by atoms with E-state index in [4.69, 9.17) is 23.2 Å². The Morgan fingerprint density at radius 2 is 1.67 bits per heavy atom. The van der Waals surface area contributed by atoms with Crippen LogP contribution in [0.25, 0.3) is 10.2 Å². The van der Waals surface area contributed by atoms with Gasteiger partial charge < -0.3 is 0 Å². The minimum Gasteiger partial charge on any atom is -0.298 e. The third-order valence-electron chi connectivity index (χ3n) is 4.09. The number of aromatic nitrogens is 1. The zero-order chi connectivity index (χ0) is 21.9. The Bertz CT molecular complexity index is 1170. The molecule has 0 fully saturated rings. The molecule has 30 heavy (non-hydrogen) atoms. The molecule has 0 aliphatic heterocycles. The summed E-state index contributed by atoms with van der Waals surface area (Å²) in [5, 5.41) is 3.95.